The minimum Gasteiger partial charge on any atom is -0.345 e. The van der Waals surface area contributed by atoms with E-state index in [0.717, 1.165) is 25.9 Å². The van der Waals surface area contributed by atoms with E-state index in [-0.39, 0.29) is 5.91 Å². The Morgan fingerprint density at radius 1 is 1.39 bits per heavy atom. The van der Waals surface area contributed by atoms with Gasteiger partial charge in [0.2, 0.25) is 5.91 Å². The van der Waals surface area contributed by atoms with Gasteiger partial charge in [-0.05, 0) is 44.9 Å². The molecule has 0 spiro atoms. The Kier molecular flexibility index (Phi) is 4.42. The van der Waals surface area contributed by atoms with Crippen molar-refractivity contribution in [3.8, 4) is 0 Å². The molecule has 1 atom stereocenters. The molecule has 0 bridgehead atoms. The highest BCUT2D eigenvalue weighted by Crippen LogP contribution is 2.13. The van der Waals surface area contributed by atoms with Crippen molar-refractivity contribution in [1.82, 2.24) is 14.8 Å². The first-order valence-corrected chi connectivity index (χ1v) is 6.81. The summed E-state index contributed by atoms with van der Waals surface area (Å²) >= 11 is 0. The Morgan fingerprint density at radius 3 is 2.78 bits per heavy atom. The maximum atomic E-state index is 12.1. The van der Waals surface area contributed by atoms with E-state index in [1.165, 1.54) is 12.0 Å². The number of carbonyl (C=O) groups excluding carboxylic acids is 1. The monoisotopic (exact) mass is 249 g/mol. The summed E-state index contributed by atoms with van der Waals surface area (Å²) < 4.78 is 1.99. The third-order valence-electron chi connectivity index (χ3n) is 3.73. The van der Waals surface area contributed by atoms with E-state index in [2.05, 4.69) is 24.5 Å². The summed E-state index contributed by atoms with van der Waals surface area (Å²) in [7, 11) is 1.95. The number of hydrogen-bond acceptors (Lipinski definition) is 2. The van der Waals surface area contributed by atoms with E-state index < -0.39 is 0 Å². The zero-order chi connectivity index (χ0) is 13.0. The van der Waals surface area contributed by atoms with E-state index in [4.69, 9.17) is 0 Å². The molecular weight excluding hydrogens is 226 g/mol. The first kappa shape index (κ1) is 13.1. The second kappa shape index (κ2) is 6.05. The van der Waals surface area contributed by atoms with Crippen LogP contribution in [0.3, 0.4) is 0 Å². The number of carbonyl (C=O) groups is 1. The molecule has 0 aliphatic carbocycles. The van der Waals surface area contributed by atoms with Crippen LogP contribution in [-0.2, 0) is 11.3 Å². The third kappa shape index (κ3) is 3.13. The van der Waals surface area contributed by atoms with Crippen molar-refractivity contribution >= 4 is 5.91 Å². The lowest BCUT2D eigenvalue weighted by Gasteiger charge is -2.26. The van der Waals surface area contributed by atoms with Crippen LogP contribution in [0.15, 0.2) is 18.5 Å². The summed E-state index contributed by atoms with van der Waals surface area (Å²) in [6.45, 7) is 4.45. The highest BCUT2D eigenvalue weighted by molar-refractivity contribution is 5.76. The first-order chi connectivity index (χ1) is 8.70. The average molecular weight is 249 g/mol. The molecule has 1 saturated heterocycles. The molecule has 0 aromatic carbocycles. The number of piperidine rings is 1. The van der Waals surface area contributed by atoms with Gasteiger partial charge in [0.25, 0.3) is 0 Å². The van der Waals surface area contributed by atoms with Crippen molar-refractivity contribution in [2.45, 2.75) is 38.8 Å². The Bertz CT molecular complexity index is 393. The van der Waals surface area contributed by atoms with Gasteiger partial charge >= 0.3 is 0 Å². The summed E-state index contributed by atoms with van der Waals surface area (Å²) in [5.74, 6) is 0.244. The fourth-order valence-corrected chi connectivity index (χ4v) is 2.38. The van der Waals surface area contributed by atoms with Crippen LogP contribution in [-0.4, -0.2) is 35.5 Å². The van der Waals surface area contributed by atoms with Gasteiger partial charge in [-0.2, -0.15) is 0 Å². The molecule has 0 saturated carbocycles. The van der Waals surface area contributed by atoms with E-state index in [1.807, 2.05) is 22.7 Å². The molecule has 4 nitrogen and oxygen atoms in total. The van der Waals surface area contributed by atoms with Gasteiger partial charge in [0.1, 0.15) is 6.54 Å². The van der Waals surface area contributed by atoms with Crippen LogP contribution in [0, 0.1) is 0 Å². The van der Waals surface area contributed by atoms with E-state index in [9.17, 15) is 4.79 Å². The number of hydrogen-bond donors (Lipinski definition) is 1. The number of amides is 1. The van der Waals surface area contributed by atoms with Gasteiger partial charge in [-0.15, -0.1) is 0 Å². The van der Waals surface area contributed by atoms with Crippen LogP contribution in [0.4, 0.5) is 0 Å². The molecule has 1 aromatic rings. The number of aromatic nitrogens is 1. The molecule has 2 rings (SSSR count). The topological polar surface area (TPSA) is 37.3 Å². The van der Waals surface area contributed by atoms with Crippen LogP contribution in [0.2, 0.25) is 0 Å². The van der Waals surface area contributed by atoms with Crippen LogP contribution >= 0.6 is 0 Å². The summed E-state index contributed by atoms with van der Waals surface area (Å²) in [6.07, 6.45) is 7.62. The van der Waals surface area contributed by atoms with Crippen LogP contribution < -0.4 is 5.32 Å². The minimum atomic E-state index is 0.244. The Hall–Kier alpha value is -1.29. The molecule has 2 heterocycles. The lowest BCUT2D eigenvalue weighted by Crippen LogP contribution is -2.37. The summed E-state index contributed by atoms with van der Waals surface area (Å²) in [6, 6.07) is 2.40. The Balaban J connectivity index is 1.92. The van der Waals surface area contributed by atoms with E-state index in [1.54, 1.807) is 0 Å². The SMILES string of the molecule is CNC(C)c1ccn(CC(=O)N2CCCCC2)c1. The normalized spacial score (nSPS) is 17.8. The molecule has 4 heteroatoms. The molecular formula is C14H23N3O. The third-order valence-corrected chi connectivity index (χ3v) is 3.73. The van der Waals surface area contributed by atoms with Crippen molar-refractivity contribution in [2.75, 3.05) is 20.1 Å². The molecule has 18 heavy (non-hydrogen) atoms. The molecule has 1 aromatic heterocycles. The second-order valence-electron chi connectivity index (χ2n) is 5.07. The number of nitrogens with one attached hydrogen (secondary N) is 1. The second-order valence-corrected chi connectivity index (χ2v) is 5.07. The lowest BCUT2D eigenvalue weighted by molar-refractivity contribution is -0.132. The average Bonchev–Trinajstić information content (AvgIpc) is 2.87. The van der Waals surface area contributed by atoms with Crippen molar-refractivity contribution in [3.63, 3.8) is 0 Å². The van der Waals surface area contributed by atoms with Crippen LogP contribution in [0.25, 0.3) is 0 Å². The summed E-state index contributed by atoms with van der Waals surface area (Å²) in [5, 5.41) is 3.20. The molecule has 1 amide bonds. The minimum absolute atomic E-state index is 0.244. The van der Waals surface area contributed by atoms with Gasteiger partial charge in [0.05, 0.1) is 0 Å². The quantitative estimate of drug-likeness (QED) is 0.883. The maximum Gasteiger partial charge on any atom is 0.242 e. The van der Waals surface area contributed by atoms with Crippen LogP contribution in [0.1, 0.15) is 37.8 Å². The van der Waals surface area contributed by atoms with Crippen molar-refractivity contribution in [2.24, 2.45) is 0 Å². The first-order valence-electron chi connectivity index (χ1n) is 6.81. The molecule has 1 aliphatic rings. The van der Waals surface area contributed by atoms with Gasteiger partial charge in [-0.3, -0.25) is 4.79 Å². The molecule has 1 unspecified atom stereocenters. The standard InChI is InChI=1S/C14H23N3O/c1-12(15-2)13-6-9-16(10-13)11-14(18)17-7-4-3-5-8-17/h6,9-10,12,15H,3-5,7-8,11H2,1-2H3. The lowest BCUT2D eigenvalue weighted by atomic mass is 10.1. The zero-order valence-electron chi connectivity index (χ0n) is 11.4. The Labute approximate surface area is 109 Å². The predicted molar refractivity (Wildman–Crippen MR) is 72.3 cm³/mol. The zero-order valence-corrected chi connectivity index (χ0v) is 11.4. The summed E-state index contributed by atoms with van der Waals surface area (Å²) in [5.41, 5.74) is 1.23. The van der Waals surface area contributed by atoms with Gasteiger partial charge < -0.3 is 14.8 Å². The van der Waals surface area contributed by atoms with Crippen molar-refractivity contribution in [3.05, 3.63) is 24.0 Å². The van der Waals surface area contributed by atoms with E-state index in [0.29, 0.717) is 12.6 Å². The molecule has 1 N–H and O–H groups in total. The smallest absolute Gasteiger partial charge is 0.242 e. The fourth-order valence-electron chi connectivity index (χ4n) is 2.38. The summed E-state index contributed by atoms with van der Waals surface area (Å²) in [4.78, 5) is 14.1. The predicted octanol–water partition coefficient (Wildman–Crippen LogP) is 1.78. The molecule has 0 radical (unpaired) electrons. The number of likely N-dealkylation sites (tertiary alicyclic amines) is 1. The highest BCUT2D eigenvalue weighted by Gasteiger charge is 2.16. The largest absolute Gasteiger partial charge is 0.345 e. The van der Waals surface area contributed by atoms with Gasteiger partial charge in [-0.1, -0.05) is 0 Å². The van der Waals surface area contributed by atoms with Gasteiger partial charge in [0, 0.05) is 31.5 Å². The van der Waals surface area contributed by atoms with Gasteiger partial charge in [-0.25, -0.2) is 0 Å². The number of nitrogens with zero attached hydrogens (tertiary/aromatic N) is 2. The fraction of sp³-hybridized carbons (Fsp3) is 0.643. The molecule has 100 valence electrons. The van der Waals surface area contributed by atoms with Crippen molar-refractivity contribution < 1.29 is 4.79 Å². The van der Waals surface area contributed by atoms with Crippen molar-refractivity contribution in [1.29, 1.82) is 0 Å². The van der Waals surface area contributed by atoms with E-state index >= 15 is 0 Å². The van der Waals surface area contributed by atoms with Crippen LogP contribution in [0.5, 0.6) is 0 Å². The molecule has 1 aliphatic heterocycles. The number of rotatable bonds is 4. The Morgan fingerprint density at radius 2 is 2.11 bits per heavy atom. The highest BCUT2D eigenvalue weighted by atomic mass is 16.2. The molecule has 1 fully saturated rings. The van der Waals surface area contributed by atoms with Gasteiger partial charge in [0.15, 0.2) is 0 Å². The maximum absolute atomic E-state index is 12.1.